The molecular formula is C22H17FN4O2. The standard InChI is InChI=1S/C22H17FN4O2/c1-22(2,3)29-21(28)27-12-16(14-6-4-5-7-18(14)27)20-13(9-24)10-25-17-11-26-19(23)8-15(17)20/h4-8,10-12H,1-3H3. The van der Waals surface area contributed by atoms with E-state index in [4.69, 9.17) is 4.74 Å². The van der Waals surface area contributed by atoms with Crippen molar-refractivity contribution in [2.75, 3.05) is 0 Å². The molecule has 0 radical (unpaired) electrons. The van der Waals surface area contributed by atoms with Gasteiger partial charge in [-0.25, -0.2) is 9.78 Å². The molecule has 0 aliphatic carbocycles. The summed E-state index contributed by atoms with van der Waals surface area (Å²) in [4.78, 5) is 20.6. The minimum absolute atomic E-state index is 0.273. The fourth-order valence-electron chi connectivity index (χ4n) is 3.29. The molecule has 7 heteroatoms. The van der Waals surface area contributed by atoms with E-state index in [0.29, 0.717) is 27.5 Å². The van der Waals surface area contributed by atoms with E-state index in [2.05, 4.69) is 16.0 Å². The summed E-state index contributed by atoms with van der Waals surface area (Å²) in [5.41, 5.74) is 1.79. The maximum Gasteiger partial charge on any atom is 0.419 e. The van der Waals surface area contributed by atoms with Gasteiger partial charge in [-0.2, -0.15) is 9.65 Å². The number of halogens is 1. The highest BCUT2D eigenvalue weighted by atomic mass is 19.1. The zero-order chi connectivity index (χ0) is 20.8. The molecule has 0 aliphatic rings. The first-order chi connectivity index (χ1) is 13.8. The first kappa shape index (κ1) is 18.6. The molecule has 6 nitrogen and oxygen atoms in total. The van der Waals surface area contributed by atoms with Crippen molar-refractivity contribution in [2.45, 2.75) is 26.4 Å². The van der Waals surface area contributed by atoms with Gasteiger partial charge in [-0.3, -0.25) is 9.55 Å². The molecule has 0 bridgehead atoms. The summed E-state index contributed by atoms with van der Waals surface area (Å²) < 4.78 is 20.8. The van der Waals surface area contributed by atoms with Crippen LogP contribution >= 0.6 is 0 Å². The van der Waals surface area contributed by atoms with Crippen molar-refractivity contribution >= 4 is 27.9 Å². The Morgan fingerprint density at radius 3 is 2.66 bits per heavy atom. The van der Waals surface area contributed by atoms with Crippen molar-refractivity contribution in [3.8, 4) is 17.2 Å². The maximum atomic E-state index is 13.9. The van der Waals surface area contributed by atoms with E-state index in [1.54, 1.807) is 33.0 Å². The highest BCUT2D eigenvalue weighted by molar-refractivity contribution is 6.07. The average molecular weight is 388 g/mol. The molecule has 0 N–H and O–H groups in total. The van der Waals surface area contributed by atoms with Crippen LogP contribution in [0.25, 0.3) is 32.9 Å². The van der Waals surface area contributed by atoms with E-state index in [1.807, 2.05) is 18.2 Å². The predicted molar refractivity (Wildman–Crippen MR) is 107 cm³/mol. The van der Waals surface area contributed by atoms with Gasteiger partial charge in [0.1, 0.15) is 11.7 Å². The molecule has 0 spiro atoms. The van der Waals surface area contributed by atoms with Gasteiger partial charge in [0, 0.05) is 40.4 Å². The molecule has 0 saturated carbocycles. The molecule has 0 fully saturated rings. The summed E-state index contributed by atoms with van der Waals surface area (Å²) in [5.74, 6) is -0.675. The van der Waals surface area contributed by atoms with Crippen LogP contribution in [0.2, 0.25) is 0 Å². The van der Waals surface area contributed by atoms with Gasteiger partial charge in [-0.05, 0) is 26.8 Å². The van der Waals surface area contributed by atoms with Crippen LogP contribution in [0.3, 0.4) is 0 Å². The number of pyridine rings is 2. The number of para-hydroxylation sites is 1. The molecule has 4 rings (SSSR count). The number of ether oxygens (including phenoxy) is 1. The summed E-state index contributed by atoms with van der Waals surface area (Å²) in [6, 6.07) is 10.6. The number of rotatable bonds is 1. The number of nitriles is 1. The molecule has 144 valence electrons. The SMILES string of the molecule is CC(C)(C)OC(=O)n1cc(-c2c(C#N)cnc3cnc(F)cc23)c2ccccc21. The van der Waals surface area contributed by atoms with Crippen LogP contribution in [0, 0.1) is 17.3 Å². The summed E-state index contributed by atoms with van der Waals surface area (Å²) in [7, 11) is 0. The highest BCUT2D eigenvalue weighted by Crippen LogP contribution is 2.37. The first-order valence-electron chi connectivity index (χ1n) is 8.96. The van der Waals surface area contributed by atoms with Crippen LogP contribution in [0.5, 0.6) is 0 Å². The van der Waals surface area contributed by atoms with Crippen LogP contribution in [0.4, 0.5) is 9.18 Å². The fraction of sp³-hybridized carbons (Fsp3) is 0.182. The minimum Gasteiger partial charge on any atom is -0.443 e. The summed E-state index contributed by atoms with van der Waals surface area (Å²) in [6.07, 6.45) is 3.83. The van der Waals surface area contributed by atoms with E-state index >= 15 is 0 Å². The average Bonchev–Trinajstić information content (AvgIpc) is 3.05. The number of carbonyl (C=O) groups is 1. The number of hydrogen-bond donors (Lipinski definition) is 0. The number of nitrogens with zero attached hydrogens (tertiary/aromatic N) is 4. The normalized spacial score (nSPS) is 11.6. The van der Waals surface area contributed by atoms with Crippen LogP contribution in [0.1, 0.15) is 26.3 Å². The number of aromatic nitrogens is 3. The lowest BCUT2D eigenvalue weighted by atomic mass is 9.97. The second-order valence-electron chi connectivity index (χ2n) is 7.59. The molecular weight excluding hydrogens is 371 g/mol. The highest BCUT2D eigenvalue weighted by Gasteiger charge is 2.23. The van der Waals surface area contributed by atoms with Crippen molar-refractivity contribution in [1.82, 2.24) is 14.5 Å². The maximum absolute atomic E-state index is 13.9. The Kier molecular flexibility index (Phi) is 4.27. The Balaban J connectivity index is 2.05. The third-order valence-corrected chi connectivity index (χ3v) is 4.41. The first-order valence-corrected chi connectivity index (χ1v) is 8.96. The third-order valence-electron chi connectivity index (χ3n) is 4.41. The number of benzene rings is 1. The molecule has 0 unspecified atom stereocenters. The number of carbonyl (C=O) groups excluding carboxylic acids is 1. The summed E-state index contributed by atoms with van der Waals surface area (Å²) in [5, 5.41) is 10.8. The Morgan fingerprint density at radius 1 is 1.17 bits per heavy atom. The van der Waals surface area contributed by atoms with Crippen LogP contribution < -0.4 is 0 Å². The summed E-state index contributed by atoms with van der Waals surface area (Å²) >= 11 is 0. The number of hydrogen-bond acceptors (Lipinski definition) is 5. The van der Waals surface area contributed by atoms with Gasteiger partial charge in [-0.15, -0.1) is 0 Å². The quantitative estimate of drug-likeness (QED) is 0.427. The van der Waals surface area contributed by atoms with Crippen molar-refractivity contribution in [1.29, 1.82) is 5.26 Å². The van der Waals surface area contributed by atoms with Gasteiger partial charge in [0.25, 0.3) is 0 Å². The van der Waals surface area contributed by atoms with E-state index in [0.717, 1.165) is 5.39 Å². The van der Waals surface area contributed by atoms with E-state index in [1.165, 1.54) is 23.0 Å². The minimum atomic E-state index is -0.675. The Hall–Kier alpha value is -3.79. The van der Waals surface area contributed by atoms with E-state index in [9.17, 15) is 14.4 Å². The summed E-state index contributed by atoms with van der Waals surface area (Å²) in [6.45, 7) is 5.37. The molecule has 29 heavy (non-hydrogen) atoms. The van der Waals surface area contributed by atoms with Gasteiger partial charge in [0.2, 0.25) is 5.95 Å². The van der Waals surface area contributed by atoms with Gasteiger partial charge in [0.05, 0.1) is 22.8 Å². The van der Waals surface area contributed by atoms with Crippen molar-refractivity contribution in [3.05, 3.63) is 60.4 Å². The smallest absolute Gasteiger partial charge is 0.419 e. The number of fused-ring (bicyclic) bond motifs is 2. The van der Waals surface area contributed by atoms with E-state index in [-0.39, 0.29) is 5.56 Å². The second-order valence-corrected chi connectivity index (χ2v) is 7.59. The molecule has 0 atom stereocenters. The lowest BCUT2D eigenvalue weighted by molar-refractivity contribution is 0.0544. The van der Waals surface area contributed by atoms with Gasteiger partial charge >= 0.3 is 6.09 Å². The van der Waals surface area contributed by atoms with Crippen LogP contribution in [-0.4, -0.2) is 26.2 Å². The molecule has 3 aromatic heterocycles. The topological polar surface area (TPSA) is 80.8 Å². The monoisotopic (exact) mass is 388 g/mol. The molecule has 3 heterocycles. The second kappa shape index (κ2) is 6.67. The fourth-order valence-corrected chi connectivity index (χ4v) is 3.29. The molecule has 0 saturated heterocycles. The Labute approximate surface area is 166 Å². The van der Waals surface area contributed by atoms with Gasteiger partial charge < -0.3 is 4.74 Å². The molecule has 4 aromatic rings. The van der Waals surface area contributed by atoms with Crippen molar-refractivity contribution < 1.29 is 13.9 Å². The van der Waals surface area contributed by atoms with Gasteiger partial charge in [0.15, 0.2) is 0 Å². The van der Waals surface area contributed by atoms with Gasteiger partial charge in [-0.1, -0.05) is 18.2 Å². The Bertz CT molecular complexity index is 1310. The lowest BCUT2D eigenvalue weighted by Gasteiger charge is -2.19. The largest absolute Gasteiger partial charge is 0.443 e. The molecule has 0 amide bonds. The Morgan fingerprint density at radius 2 is 1.93 bits per heavy atom. The lowest BCUT2D eigenvalue weighted by Crippen LogP contribution is -2.26. The molecule has 1 aromatic carbocycles. The van der Waals surface area contributed by atoms with Crippen LogP contribution in [-0.2, 0) is 4.74 Å². The molecule has 0 aliphatic heterocycles. The van der Waals surface area contributed by atoms with Crippen LogP contribution in [0.15, 0.2) is 48.9 Å². The van der Waals surface area contributed by atoms with Crippen molar-refractivity contribution in [2.24, 2.45) is 0 Å². The third kappa shape index (κ3) is 3.29. The zero-order valence-electron chi connectivity index (χ0n) is 16.1. The van der Waals surface area contributed by atoms with Crippen molar-refractivity contribution in [3.63, 3.8) is 0 Å². The van der Waals surface area contributed by atoms with E-state index < -0.39 is 17.6 Å². The zero-order valence-corrected chi connectivity index (χ0v) is 16.1. The predicted octanol–water partition coefficient (Wildman–Crippen LogP) is 5.05.